The molecule has 0 heterocycles. The zero-order valence-electron chi connectivity index (χ0n) is 23.6. The molecule has 24 N–H and O–H groups in total. The van der Waals surface area contributed by atoms with Crippen molar-refractivity contribution in [2.75, 3.05) is 0 Å². The van der Waals surface area contributed by atoms with Crippen LogP contribution in [0, 0.1) is 0 Å². The largest absolute Gasteiger partial charge is 0.486 e. The molecule has 20 heteroatoms. The van der Waals surface area contributed by atoms with E-state index in [1.165, 1.54) is 12.1 Å². The lowest BCUT2D eigenvalue weighted by Gasteiger charge is -2.38. The van der Waals surface area contributed by atoms with Crippen LogP contribution in [0.15, 0.2) is 66.4 Å². The third-order valence-corrected chi connectivity index (χ3v) is 5.89. The van der Waals surface area contributed by atoms with Crippen molar-refractivity contribution in [2.24, 2.45) is 98.8 Å². The third kappa shape index (κ3) is 9.36. The molecule has 0 radical (unpaired) electrons. The summed E-state index contributed by atoms with van der Waals surface area (Å²) in [6.07, 6.45) is -1.04. The Labute approximate surface area is 252 Å². The number of ether oxygens (including phenoxy) is 2. The highest BCUT2D eigenvalue weighted by molar-refractivity contribution is 5.84. The van der Waals surface area contributed by atoms with E-state index < -0.39 is 24.3 Å². The highest BCUT2D eigenvalue weighted by atomic mass is 16.5. The van der Waals surface area contributed by atoms with E-state index in [0.717, 1.165) is 0 Å². The number of hydrogen-bond acceptors (Lipinski definition) is 8. The molecule has 0 spiro atoms. The quantitative estimate of drug-likeness (QED) is 0.0920. The molecule has 0 unspecified atom stereocenters. The van der Waals surface area contributed by atoms with Crippen molar-refractivity contribution < 1.29 is 9.47 Å². The zero-order chi connectivity index (χ0) is 32.6. The van der Waals surface area contributed by atoms with Gasteiger partial charge in [-0.3, -0.25) is 0 Å². The molecule has 236 valence electrons. The van der Waals surface area contributed by atoms with Gasteiger partial charge in [0.1, 0.15) is 35.1 Å². The number of hydrogen-bond donors (Lipinski definition) is 12. The maximum absolute atomic E-state index is 6.39. The van der Waals surface area contributed by atoms with Crippen LogP contribution in [0.4, 0.5) is 22.7 Å². The van der Waals surface area contributed by atoms with Crippen LogP contribution in [0.1, 0.15) is 12.8 Å². The van der Waals surface area contributed by atoms with Crippen LogP contribution < -0.4 is 78.3 Å². The van der Waals surface area contributed by atoms with Gasteiger partial charge in [-0.15, -0.1) is 0 Å². The summed E-state index contributed by atoms with van der Waals surface area (Å²) < 4.78 is 12.8. The normalized spacial score (nSPS) is 18.9. The molecule has 0 bridgehead atoms. The lowest BCUT2D eigenvalue weighted by Crippen LogP contribution is -2.50. The first kappa shape index (κ1) is 32.2. The Kier molecular flexibility index (Phi) is 10.3. The highest BCUT2D eigenvalue weighted by Crippen LogP contribution is 2.39. The molecular formula is C24H38N18O2. The van der Waals surface area contributed by atoms with Crippen molar-refractivity contribution in [1.29, 1.82) is 0 Å². The van der Waals surface area contributed by atoms with E-state index in [1.807, 2.05) is 0 Å². The van der Waals surface area contributed by atoms with Gasteiger partial charge in [0.05, 0.1) is 23.5 Å². The minimum absolute atomic E-state index is 0.161. The molecule has 2 aromatic rings. The van der Waals surface area contributed by atoms with Crippen molar-refractivity contribution in [3.63, 3.8) is 0 Å². The van der Waals surface area contributed by atoms with Crippen molar-refractivity contribution in [2.45, 2.75) is 37.1 Å². The predicted molar refractivity (Wildman–Crippen MR) is 172 cm³/mol. The molecule has 3 rings (SSSR count). The van der Waals surface area contributed by atoms with E-state index in [0.29, 0.717) is 11.4 Å². The summed E-state index contributed by atoms with van der Waals surface area (Å²) in [6.45, 7) is 0. The monoisotopic (exact) mass is 610 g/mol. The molecule has 44 heavy (non-hydrogen) atoms. The maximum Gasteiger partial charge on any atom is 0.191 e. The van der Waals surface area contributed by atoms with E-state index in [4.69, 9.17) is 78.3 Å². The highest BCUT2D eigenvalue weighted by Gasteiger charge is 2.41. The number of nitrogens with two attached hydrogens (primary N) is 12. The Hall–Kier alpha value is -6.34. The molecule has 0 aromatic heterocycles. The summed E-state index contributed by atoms with van der Waals surface area (Å²) >= 11 is 0. The lowest BCUT2D eigenvalue weighted by molar-refractivity contribution is 0.0422. The molecular weight excluding hydrogens is 572 g/mol. The van der Waals surface area contributed by atoms with Crippen LogP contribution in [0.2, 0.25) is 0 Å². The lowest BCUT2D eigenvalue weighted by atomic mass is 9.86. The first-order valence-corrected chi connectivity index (χ1v) is 12.9. The first-order valence-electron chi connectivity index (χ1n) is 12.9. The molecule has 2 aromatic carbocycles. The Bertz CT molecular complexity index is 1400. The minimum atomic E-state index is -0.707. The van der Waals surface area contributed by atoms with Gasteiger partial charge >= 0.3 is 0 Å². The topological polar surface area (TPSA) is 405 Å². The van der Waals surface area contributed by atoms with E-state index in [9.17, 15) is 0 Å². The predicted octanol–water partition coefficient (Wildman–Crippen LogP) is -3.42. The molecule has 0 aliphatic heterocycles. The van der Waals surface area contributed by atoms with Gasteiger partial charge in [-0.05, 0) is 42.8 Å². The van der Waals surface area contributed by atoms with Crippen LogP contribution >= 0.6 is 0 Å². The van der Waals surface area contributed by atoms with Gasteiger partial charge in [0.15, 0.2) is 35.8 Å². The van der Waals surface area contributed by atoms with E-state index >= 15 is 0 Å². The number of guanidine groups is 6. The fraction of sp³-hybridized carbons (Fsp3) is 0.250. The number of rotatable bonds is 10. The summed E-state index contributed by atoms with van der Waals surface area (Å²) in [5.74, 6) is -0.587. The molecule has 20 nitrogen and oxygen atoms in total. The summed E-state index contributed by atoms with van der Waals surface area (Å²) in [6, 6.07) is 8.20. The van der Waals surface area contributed by atoms with Crippen molar-refractivity contribution >= 4 is 58.5 Å². The second-order valence-corrected chi connectivity index (χ2v) is 9.48. The van der Waals surface area contributed by atoms with Crippen LogP contribution in [-0.4, -0.2) is 60.0 Å². The van der Waals surface area contributed by atoms with Gasteiger partial charge in [0.25, 0.3) is 0 Å². The van der Waals surface area contributed by atoms with Crippen molar-refractivity contribution in [3.05, 3.63) is 36.4 Å². The molecule has 0 amide bonds. The van der Waals surface area contributed by atoms with E-state index in [-0.39, 0.29) is 71.5 Å². The van der Waals surface area contributed by atoms with Gasteiger partial charge in [0, 0.05) is 6.42 Å². The Morgan fingerprint density at radius 1 is 0.477 bits per heavy atom. The average Bonchev–Trinajstić information content (AvgIpc) is 2.87. The van der Waals surface area contributed by atoms with E-state index in [2.05, 4.69) is 30.0 Å². The number of aliphatic imine (C=N–C) groups is 6. The number of benzene rings is 2. The standard InChI is InChI=1S/C24H38N18O2/c25-19(26)37-9-1-3-15(11(5-9)39-21(29)30)43-17-8-18(14(42-24(35)36)7-13(17)41-23(33)34)44-16-4-2-10(38-20(27)28)6-12(16)40-22(31)32/h1-6,13-14,17-18H,7-8H2,(H4,25,26,37)(H4,27,28,38)(H4,29,30,39)(H4,31,32,40)(H4,33,34,41)(H4,35,36,42)/t13-,14+,17-,18+. The van der Waals surface area contributed by atoms with Crippen LogP contribution in [0.5, 0.6) is 11.5 Å². The molecule has 0 saturated heterocycles. The maximum atomic E-state index is 6.39. The fourth-order valence-electron chi connectivity index (χ4n) is 4.43. The third-order valence-electron chi connectivity index (χ3n) is 5.89. The summed E-state index contributed by atoms with van der Waals surface area (Å²) in [7, 11) is 0. The molecule has 4 atom stereocenters. The van der Waals surface area contributed by atoms with Crippen molar-refractivity contribution in [3.8, 4) is 11.5 Å². The van der Waals surface area contributed by atoms with Crippen LogP contribution in [0.25, 0.3) is 0 Å². The Morgan fingerprint density at radius 3 is 1.16 bits per heavy atom. The van der Waals surface area contributed by atoms with Gasteiger partial charge in [-0.25, -0.2) is 30.0 Å². The second kappa shape index (κ2) is 14.0. The molecule has 1 aliphatic rings. The van der Waals surface area contributed by atoms with Gasteiger partial charge < -0.3 is 78.3 Å². The first-order chi connectivity index (χ1) is 20.7. The Balaban J connectivity index is 2.07. The smallest absolute Gasteiger partial charge is 0.191 e. The molecule has 1 aliphatic carbocycles. The average molecular weight is 611 g/mol. The van der Waals surface area contributed by atoms with E-state index in [1.54, 1.807) is 24.3 Å². The fourth-order valence-corrected chi connectivity index (χ4v) is 4.43. The van der Waals surface area contributed by atoms with Gasteiger partial charge in [-0.2, -0.15) is 0 Å². The SMILES string of the molecule is NC(N)=Nc1ccc(O[C@H]2C[C@@H](Oc3ccc(N=C(N)N)cc3N=C(N)N)[C@H](N=C(N)N)C[C@@H]2N=C(N)N)c(N=C(N)N)c1. The summed E-state index contributed by atoms with van der Waals surface area (Å²) in [4.78, 5) is 25.1. The number of nitrogens with zero attached hydrogens (tertiary/aromatic N) is 6. The van der Waals surface area contributed by atoms with Crippen LogP contribution in [0.3, 0.4) is 0 Å². The van der Waals surface area contributed by atoms with Crippen LogP contribution in [-0.2, 0) is 0 Å². The summed E-state index contributed by atoms with van der Waals surface area (Å²) in [5, 5.41) is 0. The van der Waals surface area contributed by atoms with Gasteiger partial charge in [-0.1, -0.05) is 0 Å². The van der Waals surface area contributed by atoms with Gasteiger partial charge in [0.2, 0.25) is 0 Å². The van der Waals surface area contributed by atoms with Crippen molar-refractivity contribution in [1.82, 2.24) is 0 Å². The Morgan fingerprint density at radius 2 is 0.841 bits per heavy atom. The second-order valence-electron chi connectivity index (χ2n) is 9.48. The zero-order valence-corrected chi connectivity index (χ0v) is 23.6. The molecule has 1 saturated carbocycles. The minimum Gasteiger partial charge on any atom is -0.486 e. The molecule has 1 fully saturated rings. The summed E-state index contributed by atoms with van der Waals surface area (Å²) in [5.41, 5.74) is 68.9.